The predicted molar refractivity (Wildman–Crippen MR) is 66.0 cm³/mol. The van der Waals surface area contributed by atoms with Crippen molar-refractivity contribution in [3.63, 3.8) is 0 Å². The Morgan fingerprint density at radius 3 is 2.00 bits per heavy atom. The van der Waals surface area contributed by atoms with E-state index in [1.807, 2.05) is 0 Å². The van der Waals surface area contributed by atoms with E-state index in [0.717, 1.165) is 31.7 Å². The van der Waals surface area contributed by atoms with Crippen LogP contribution in [0.25, 0.3) is 0 Å². The van der Waals surface area contributed by atoms with E-state index in [4.69, 9.17) is 5.73 Å². The molecule has 1 fully saturated rings. The fraction of sp³-hybridized carbons (Fsp3) is 1.00. The van der Waals surface area contributed by atoms with Crippen LogP contribution in [0.3, 0.4) is 0 Å². The Labute approximate surface area is 94.6 Å². The third-order valence-electron chi connectivity index (χ3n) is 3.74. The van der Waals surface area contributed by atoms with Crippen molar-refractivity contribution < 1.29 is 0 Å². The average molecular weight is 213 g/mol. The molecular formula is C12H27N3. The first kappa shape index (κ1) is 12.9. The maximum Gasteiger partial charge on any atom is 0.0107 e. The van der Waals surface area contributed by atoms with E-state index >= 15 is 0 Å². The van der Waals surface area contributed by atoms with Crippen LogP contribution in [0, 0.1) is 0 Å². The molecule has 1 rings (SSSR count). The van der Waals surface area contributed by atoms with Gasteiger partial charge in [0.1, 0.15) is 0 Å². The summed E-state index contributed by atoms with van der Waals surface area (Å²) in [5.74, 6) is 0. The summed E-state index contributed by atoms with van der Waals surface area (Å²) in [6.45, 7) is 5.25. The molecule has 15 heavy (non-hydrogen) atoms. The second kappa shape index (κ2) is 6.46. The first-order chi connectivity index (χ1) is 7.19. The molecule has 0 aromatic heterocycles. The average Bonchev–Trinajstić information content (AvgIpc) is 2.26. The molecule has 0 aliphatic heterocycles. The molecule has 3 heteroatoms. The van der Waals surface area contributed by atoms with Gasteiger partial charge in [0.25, 0.3) is 0 Å². The van der Waals surface area contributed by atoms with Crippen LogP contribution in [-0.4, -0.2) is 55.6 Å². The van der Waals surface area contributed by atoms with Gasteiger partial charge in [-0.05, 0) is 46.3 Å². The van der Waals surface area contributed by atoms with Crippen molar-refractivity contribution in [1.82, 2.24) is 9.80 Å². The Kier molecular flexibility index (Phi) is 5.58. The van der Waals surface area contributed by atoms with E-state index in [0.29, 0.717) is 0 Å². The molecule has 0 saturated heterocycles. The van der Waals surface area contributed by atoms with Crippen LogP contribution in [0.1, 0.15) is 32.6 Å². The lowest BCUT2D eigenvalue weighted by atomic mass is 9.89. The number of rotatable bonds is 5. The molecule has 0 radical (unpaired) electrons. The van der Waals surface area contributed by atoms with Crippen molar-refractivity contribution >= 4 is 0 Å². The summed E-state index contributed by atoms with van der Waals surface area (Å²) in [5, 5.41) is 0. The molecule has 2 N–H and O–H groups in total. The zero-order chi connectivity index (χ0) is 11.3. The second-order valence-corrected chi connectivity index (χ2v) is 4.84. The summed E-state index contributed by atoms with van der Waals surface area (Å²) in [6, 6.07) is 1.59. The van der Waals surface area contributed by atoms with Gasteiger partial charge in [-0.3, -0.25) is 4.90 Å². The van der Waals surface area contributed by atoms with E-state index in [1.165, 1.54) is 25.7 Å². The minimum absolute atomic E-state index is 0.787. The molecule has 0 bridgehead atoms. The molecule has 1 saturated carbocycles. The highest BCUT2D eigenvalue weighted by molar-refractivity contribution is 4.82. The van der Waals surface area contributed by atoms with Crippen LogP contribution >= 0.6 is 0 Å². The van der Waals surface area contributed by atoms with Crippen LogP contribution in [0.5, 0.6) is 0 Å². The van der Waals surface area contributed by atoms with Crippen LogP contribution in [0.4, 0.5) is 0 Å². The zero-order valence-electron chi connectivity index (χ0n) is 10.6. The summed E-state index contributed by atoms with van der Waals surface area (Å²) in [5.41, 5.74) is 5.64. The minimum atomic E-state index is 0.787. The van der Waals surface area contributed by atoms with Crippen LogP contribution in [0.15, 0.2) is 0 Å². The second-order valence-electron chi connectivity index (χ2n) is 4.84. The fourth-order valence-electron chi connectivity index (χ4n) is 2.70. The van der Waals surface area contributed by atoms with Gasteiger partial charge < -0.3 is 10.6 Å². The third kappa shape index (κ3) is 3.74. The highest BCUT2D eigenvalue weighted by Gasteiger charge is 2.25. The molecule has 0 heterocycles. The van der Waals surface area contributed by atoms with Gasteiger partial charge in [-0.1, -0.05) is 6.92 Å². The van der Waals surface area contributed by atoms with Gasteiger partial charge in [-0.25, -0.2) is 0 Å². The highest BCUT2D eigenvalue weighted by atomic mass is 15.2. The molecule has 1 aliphatic rings. The maximum absolute atomic E-state index is 5.64. The Morgan fingerprint density at radius 1 is 1.07 bits per heavy atom. The van der Waals surface area contributed by atoms with Crippen molar-refractivity contribution in [1.29, 1.82) is 0 Å². The van der Waals surface area contributed by atoms with Crippen LogP contribution in [-0.2, 0) is 0 Å². The molecule has 0 spiro atoms. The molecule has 0 amide bonds. The SMILES string of the molecule is CCN(CCN)C1CCC(N(C)C)CC1. The molecule has 3 nitrogen and oxygen atoms in total. The van der Waals surface area contributed by atoms with Gasteiger partial charge in [-0.2, -0.15) is 0 Å². The highest BCUT2D eigenvalue weighted by Crippen LogP contribution is 2.25. The molecular weight excluding hydrogens is 186 g/mol. The Bertz CT molecular complexity index is 162. The smallest absolute Gasteiger partial charge is 0.0107 e. The van der Waals surface area contributed by atoms with Crippen molar-refractivity contribution in [3.05, 3.63) is 0 Å². The van der Waals surface area contributed by atoms with Crippen LogP contribution in [0.2, 0.25) is 0 Å². The quantitative estimate of drug-likeness (QED) is 0.743. The summed E-state index contributed by atoms with van der Waals surface area (Å²) < 4.78 is 0. The van der Waals surface area contributed by atoms with E-state index in [2.05, 4.69) is 30.8 Å². The van der Waals surface area contributed by atoms with E-state index in [-0.39, 0.29) is 0 Å². The van der Waals surface area contributed by atoms with Crippen LogP contribution < -0.4 is 5.73 Å². The van der Waals surface area contributed by atoms with Gasteiger partial charge in [-0.15, -0.1) is 0 Å². The van der Waals surface area contributed by atoms with E-state index < -0.39 is 0 Å². The number of nitrogens with zero attached hydrogens (tertiary/aromatic N) is 2. The van der Waals surface area contributed by atoms with Gasteiger partial charge in [0.05, 0.1) is 0 Å². The van der Waals surface area contributed by atoms with E-state index in [9.17, 15) is 0 Å². The molecule has 90 valence electrons. The molecule has 0 aromatic rings. The summed E-state index contributed by atoms with van der Waals surface area (Å²) >= 11 is 0. The fourth-order valence-corrected chi connectivity index (χ4v) is 2.70. The van der Waals surface area contributed by atoms with Crippen molar-refractivity contribution in [2.45, 2.75) is 44.7 Å². The van der Waals surface area contributed by atoms with Crippen molar-refractivity contribution in [2.24, 2.45) is 5.73 Å². The Balaban J connectivity index is 2.35. The Morgan fingerprint density at radius 2 is 1.60 bits per heavy atom. The van der Waals surface area contributed by atoms with Gasteiger partial charge in [0, 0.05) is 25.2 Å². The number of hydrogen-bond acceptors (Lipinski definition) is 3. The topological polar surface area (TPSA) is 32.5 Å². The number of nitrogens with two attached hydrogens (primary N) is 1. The minimum Gasteiger partial charge on any atom is -0.329 e. The van der Waals surface area contributed by atoms with Gasteiger partial charge in [0.2, 0.25) is 0 Å². The Hall–Kier alpha value is -0.120. The van der Waals surface area contributed by atoms with Gasteiger partial charge in [0.15, 0.2) is 0 Å². The lowest BCUT2D eigenvalue weighted by molar-refractivity contribution is 0.124. The lowest BCUT2D eigenvalue weighted by Gasteiger charge is -2.38. The maximum atomic E-state index is 5.64. The summed E-state index contributed by atoms with van der Waals surface area (Å²) in [7, 11) is 4.39. The molecule has 0 atom stereocenters. The van der Waals surface area contributed by atoms with Gasteiger partial charge >= 0.3 is 0 Å². The standard InChI is InChI=1S/C12H27N3/c1-4-15(10-9-13)12-7-5-11(6-8-12)14(2)3/h11-12H,4-10,13H2,1-3H3. The molecule has 0 aromatic carbocycles. The number of likely N-dealkylation sites (N-methyl/N-ethyl adjacent to an activating group) is 1. The predicted octanol–water partition coefficient (Wildman–Crippen LogP) is 1.14. The lowest BCUT2D eigenvalue weighted by Crippen LogP contribution is -2.43. The first-order valence-electron chi connectivity index (χ1n) is 6.29. The molecule has 0 unspecified atom stereocenters. The third-order valence-corrected chi connectivity index (χ3v) is 3.74. The van der Waals surface area contributed by atoms with Crippen molar-refractivity contribution in [2.75, 3.05) is 33.7 Å². The van der Waals surface area contributed by atoms with Crippen molar-refractivity contribution in [3.8, 4) is 0 Å². The zero-order valence-corrected chi connectivity index (χ0v) is 10.6. The number of hydrogen-bond donors (Lipinski definition) is 1. The largest absolute Gasteiger partial charge is 0.329 e. The molecule has 1 aliphatic carbocycles. The summed E-state index contributed by atoms with van der Waals surface area (Å²) in [4.78, 5) is 4.92. The normalized spacial score (nSPS) is 27.6. The summed E-state index contributed by atoms with van der Waals surface area (Å²) in [6.07, 6.45) is 5.38. The first-order valence-corrected chi connectivity index (χ1v) is 6.29. The monoisotopic (exact) mass is 213 g/mol. The van der Waals surface area contributed by atoms with E-state index in [1.54, 1.807) is 0 Å².